The highest BCUT2D eigenvalue weighted by Gasteiger charge is 2.22. The molecule has 0 aliphatic carbocycles. The van der Waals surface area contributed by atoms with Gasteiger partial charge < -0.3 is 20.7 Å². The molecule has 0 bridgehead atoms. The lowest BCUT2D eigenvalue weighted by Crippen LogP contribution is -2.37. The molecule has 0 atom stereocenters. The van der Waals surface area contributed by atoms with Crippen molar-refractivity contribution in [3.05, 3.63) is 40.1 Å². The number of amides is 1. The summed E-state index contributed by atoms with van der Waals surface area (Å²) in [4.78, 5) is 26.5. The summed E-state index contributed by atoms with van der Waals surface area (Å²) in [6.07, 6.45) is 1.89. The lowest BCUT2D eigenvalue weighted by atomic mass is 10.00. The summed E-state index contributed by atoms with van der Waals surface area (Å²) in [5, 5.41) is 4.54. The SMILES string of the molecule is COC(=O)c1sccc1NC(=O)CN1CCCc2c(N)cccc21.Cl. The first-order valence-corrected chi connectivity index (χ1v) is 8.56. The molecule has 3 N–H and O–H groups in total. The molecule has 0 unspecified atom stereocenters. The van der Waals surface area contributed by atoms with E-state index in [-0.39, 0.29) is 24.9 Å². The van der Waals surface area contributed by atoms with Crippen molar-refractivity contribution in [1.29, 1.82) is 0 Å². The molecule has 2 heterocycles. The number of hydrogen-bond donors (Lipinski definition) is 2. The van der Waals surface area contributed by atoms with Crippen molar-refractivity contribution < 1.29 is 14.3 Å². The molecular formula is C17H20ClN3O3S. The fourth-order valence-corrected chi connectivity index (χ4v) is 3.68. The number of rotatable bonds is 4. The number of carbonyl (C=O) groups excluding carboxylic acids is 2. The molecule has 1 aromatic heterocycles. The minimum Gasteiger partial charge on any atom is -0.465 e. The van der Waals surface area contributed by atoms with Gasteiger partial charge in [-0.3, -0.25) is 4.79 Å². The van der Waals surface area contributed by atoms with Gasteiger partial charge >= 0.3 is 5.97 Å². The van der Waals surface area contributed by atoms with Gasteiger partial charge in [0.15, 0.2) is 0 Å². The van der Waals surface area contributed by atoms with E-state index in [0.717, 1.165) is 36.3 Å². The van der Waals surface area contributed by atoms with Crippen LogP contribution in [-0.2, 0) is 16.0 Å². The van der Waals surface area contributed by atoms with Crippen LogP contribution in [0.3, 0.4) is 0 Å². The Balaban J connectivity index is 0.00000225. The van der Waals surface area contributed by atoms with Gasteiger partial charge in [0.25, 0.3) is 0 Å². The van der Waals surface area contributed by atoms with Gasteiger partial charge in [-0.25, -0.2) is 4.79 Å². The van der Waals surface area contributed by atoms with Crippen molar-refractivity contribution >= 4 is 52.7 Å². The van der Waals surface area contributed by atoms with Crippen molar-refractivity contribution in [1.82, 2.24) is 0 Å². The lowest BCUT2D eigenvalue weighted by Gasteiger charge is -2.31. The smallest absolute Gasteiger partial charge is 0.350 e. The number of nitrogens with two attached hydrogens (primary N) is 1. The second-order valence-corrected chi connectivity index (χ2v) is 6.49. The Bertz CT molecular complexity index is 778. The third kappa shape index (κ3) is 4.05. The van der Waals surface area contributed by atoms with Gasteiger partial charge in [-0.15, -0.1) is 23.7 Å². The summed E-state index contributed by atoms with van der Waals surface area (Å²) in [5.41, 5.74) is 9.40. The van der Waals surface area contributed by atoms with E-state index in [4.69, 9.17) is 10.5 Å². The fraction of sp³-hybridized carbons (Fsp3) is 0.294. The van der Waals surface area contributed by atoms with Crippen LogP contribution >= 0.6 is 23.7 Å². The van der Waals surface area contributed by atoms with E-state index in [1.165, 1.54) is 18.4 Å². The van der Waals surface area contributed by atoms with Crippen LogP contribution in [0, 0.1) is 0 Å². The number of nitrogens with one attached hydrogen (secondary N) is 1. The number of nitrogens with zero attached hydrogens (tertiary/aromatic N) is 1. The van der Waals surface area contributed by atoms with Gasteiger partial charge in [-0.2, -0.15) is 0 Å². The van der Waals surface area contributed by atoms with E-state index in [1.807, 2.05) is 23.1 Å². The van der Waals surface area contributed by atoms with Gasteiger partial charge in [0, 0.05) is 17.9 Å². The number of halogens is 1. The maximum atomic E-state index is 12.4. The van der Waals surface area contributed by atoms with Crippen LogP contribution in [-0.4, -0.2) is 32.1 Å². The summed E-state index contributed by atoms with van der Waals surface area (Å²) >= 11 is 1.24. The van der Waals surface area contributed by atoms with Crippen LogP contribution in [0.1, 0.15) is 21.7 Å². The number of carbonyl (C=O) groups is 2. The molecule has 1 amide bonds. The average molecular weight is 382 g/mol. The van der Waals surface area contributed by atoms with Gasteiger partial charge in [-0.05, 0) is 42.0 Å². The Hall–Kier alpha value is -2.25. The standard InChI is InChI=1S/C17H19N3O3S.ClH/c1-23-17(22)16-13(7-9-24-16)19-15(21)10-20-8-3-4-11-12(18)5-2-6-14(11)20;/h2,5-7,9H,3-4,8,10,18H2,1H3,(H,19,21);1H. The molecule has 25 heavy (non-hydrogen) atoms. The van der Waals surface area contributed by atoms with Crippen LogP contribution in [0.25, 0.3) is 0 Å². The van der Waals surface area contributed by atoms with E-state index in [1.54, 1.807) is 11.4 Å². The summed E-state index contributed by atoms with van der Waals surface area (Å²) in [6.45, 7) is 1.02. The van der Waals surface area contributed by atoms with Crippen LogP contribution in [0.2, 0.25) is 0 Å². The highest BCUT2D eigenvalue weighted by atomic mass is 35.5. The highest BCUT2D eigenvalue weighted by Crippen LogP contribution is 2.31. The predicted octanol–water partition coefficient (Wildman–Crippen LogP) is 2.93. The molecule has 0 radical (unpaired) electrons. The van der Waals surface area contributed by atoms with E-state index >= 15 is 0 Å². The van der Waals surface area contributed by atoms with E-state index in [0.29, 0.717) is 10.6 Å². The van der Waals surface area contributed by atoms with Crippen LogP contribution in [0.5, 0.6) is 0 Å². The molecule has 1 aliphatic rings. The number of methoxy groups -OCH3 is 1. The number of anilines is 3. The zero-order chi connectivity index (χ0) is 17.1. The summed E-state index contributed by atoms with van der Waals surface area (Å²) in [7, 11) is 1.32. The molecule has 0 fully saturated rings. The Morgan fingerprint density at radius 3 is 2.92 bits per heavy atom. The largest absolute Gasteiger partial charge is 0.465 e. The zero-order valence-electron chi connectivity index (χ0n) is 13.8. The fourth-order valence-electron chi connectivity index (χ4n) is 2.91. The average Bonchev–Trinajstić information content (AvgIpc) is 3.03. The number of hydrogen-bond acceptors (Lipinski definition) is 6. The molecule has 6 nitrogen and oxygen atoms in total. The molecule has 0 saturated heterocycles. The molecule has 1 aromatic carbocycles. The maximum absolute atomic E-state index is 12.4. The van der Waals surface area contributed by atoms with Crippen LogP contribution in [0.4, 0.5) is 17.1 Å². The quantitative estimate of drug-likeness (QED) is 0.628. The van der Waals surface area contributed by atoms with Crippen molar-refractivity contribution in [2.45, 2.75) is 12.8 Å². The Morgan fingerprint density at radius 1 is 1.36 bits per heavy atom. The Morgan fingerprint density at radius 2 is 2.16 bits per heavy atom. The molecule has 0 spiro atoms. The first-order valence-electron chi connectivity index (χ1n) is 7.68. The normalized spacial score (nSPS) is 12.8. The molecule has 2 aromatic rings. The third-order valence-electron chi connectivity index (χ3n) is 4.03. The van der Waals surface area contributed by atoms with Gasteiger partial charge in [0.05, 0.1) is 19.3 Å². The van der Waals surface area contributed by atoms with Crippen LogP contribution < -0.4 is 16.0 Å². The van der Waals surface area contributed by atoms with Gasteiger partial charge in [0.1, 0.15) is 4.88 Å². The van der Waals surface area contributed by atoms with Gasteiger partial charge in [0.2, 0.25) is 5.91 Å². The van der Waals surface area contributed by atoms with Crippen molar-refractivity contribution in [3.63, 3.8) is 0 Å². The second-order valence-electron chi connectivity index (χ2n) is 5.57. The summed E-state index contributed by atoms with van der Waals surface area (Å²) in [6, 6.07) is 7.48. The number of benzene rings is 1. The molecule has 134 valence electrons. The number of fused-ring (bicyclic) bond motifs is 1. The van der Waals surface area contributed by atoms with Gasteiger partial charge in [-0.1, -0.05) is 6.07 Å². The monoisotopic (exact) mass is 381 g/mol. The molecular weight excluding hydrogens is 362 g/mol. The number of ether oxygens (including phenoxy) is 1. The Kier molecular flexibility index (Phi) is 6.27. The molecule has 8 heteroatoms. The maximum Gasteiger partial charge on any atom is 0.350 e. The van der Waals surface area contributed by atoms with E-state index in [9.17, 15) is 9.59 Å². The minimum atomic E-state index is -0.448. The second kappa shape index (κ2) is 8.22. The van der Waals surface area contributed by atoms with Crippen LogP contribution in [0.15, 0.2) is 29.6 Å². The summed E-state index contributed by atoms with van der Waals surface area (Å²) < 4.78 is 4.72. The Labute approximate surface area is 156 Å². The predicted molar refractivity (Wildman–Crippen MR) is 103 cm³/mol. The highest BCUT2D eigenvalue weighted by molar-refractivity contribution is 7.12. The zero-order valence-corrected chi connectivity index (χ0v) is 15.4. The topological polar surface area (TPSA) is 84.7 Å². The number of esters is 1. The minimum absolute atomic E-state index is 0. The summed E-state index contributed by atoms with van der Waals surface area (Å²) in [5.74, 6) is -0.620. The first kappa shape index (κ1) is 19.1. The van der Waals surface area contributed by atoms with E-state index in [2.05, 4.69) is 5.32 Å². The van der Waals surface area contributed by atoms with E-state index < -0.39 is 5.97 Å². The first-order chi connectivity index (χ1) is 11.6. The van der Waals surface area contributed by atoms with Crippen molar-refractivity contribution in [2.75, 3.05) is 36.1 Å². The molecule has 1 aliphatic heterocycles. The lowest BCUT2D eigenvalue weighted by molar-refractivity contribution is -0.115. The van der Waals surface area contributed by atoms with Crippen molar-refractivity contribution in [2.24, 2.45) is 0 Å². The third-order valence-corrected chi connectivity index (χ3v) is 4.92. The molecule has 0 saturated carbocycles. The molecule has 3 rings (SSSR count). The number of thiophene rings is 1. The number of nitrogen functional groups attached to an aromatic ring is 1. The van der Waals surface area contributed by atoms with Crippen molar-refractivity contribution in [3.8, 4) is 0 Å².